The van der Waals surface area contributed by atoms with E-state index in [0.717, 1.165) is 25.9 Å². The molecule has 1 aliphatic rings. The summed E-state index contributed by atoms with van der Waals surface area (Å²) in [5.41, 5.74) is 0. The number of piperidine rings is 1. The Hall–Kier alpha value is -0.120. The van der Waals surface area contributed by atoms with Crippen molar-refractivity contribution in [1.29, 1.82) is 0 Å². The third kappa shape index (κ3) is 4.96. The van der Waals surface area contributed by atoms with Crippen LogP contribution < -0.4 is 5.32 Å². The molecule has 1 fully saturated rings. The van der Waals surface area contributed by atoms with Crippen LogP contribution >= 0.6 is 0 Å². The number of nitrogens with one attached hydrogen (secondary N) is 1. The van der Waals surface area contributed by atoms with Crippen LogP contribution in [0.2, 0.25) is 0 Å². The van der Waals surface area contributed by atoms with Crippen LogP contribution in [0.5, 0.6) is 0 Å². The second-order valence-corrected chi connectivity index (χ2v) is 4.69. The van der Waals surface area contributed by atoms with E-state index in [0.29, 0.717) is 6.04 Å². The number of aliphatic hydroxyl groups is 1. The van der Waals surface area contributed by atoms with Gasteiger partial charge in [0, 0.05) is 12.6 Å². The lowest BCUT2D eigenvalue weighted by Crippen LogP contribution is -2.43. The molecule has 1 saturated heterocycles. The van der Waals surface area contributed by atoms with Gasteiger partial charge in [0.15, 0.2) is 0 Å². The van der Waals surface area contributed by atoms with Crippen molar-refractivity contribution in [2.75, 3.05) is 26.7 Å². The third-order valence-corrected chi connectivity index (χ3v) is 3.43. The molecule has 1 rings (SSSR count). The van der Waals surface area contributed by atoms with Gasteiger partial charge in [0.1, 0.15) is 0 Å². The maximum atomic E-state index is 9.40. The first kappa shape index (κ1) is 12.9. The van der Waals surface area contributed by atoms with Gasteiger partial charge in [-0.05, 0) is 45.8 Å². The van der Waals surface area contributed by atoms with E-state index in [2.05, 4.69) is 17.3 Å². The summed E-state index contributed by atoms with van der Waals surface area (Å²) in [6.07, 6.45) is 5.66. The number of hydrogen-bond acceptors (Lipinski definition) is 3. The van der Waals surface area contributed by atoms with E-state index in [4.69, 9.17) is 0 Å². The standard InChI is InChI=1S/C12H26N2O/c1-3-12(15)7-8-13-10-11-6-4-5-9-14(11)2/h11-13,15H,3-10H2,1-2H3. The van der Waals surface area contributed by atoms with Crippen LogP contribution in [0.15, 0.2) is 0 Å². The molecule has 0 aromatic heterocycles. The molecule has 0 bridgehead atoms. The minimum Gasteiger partial charge on any atom is -0.393 e. The quantitative estimate of drug-likeness (QED) is 0.653. The minimum atomic E-state index is -0.124. The molecule has 0 amide bonds. The minimum absolute atomic E-state index is 0.124. The number of likely N-dealkylation sites (tertiary alicyclic amines) is 1. The summed E-state index contributed by atoms with van der Waals surface area (Å²) in [5.74, 6) is 0. The van der Waals surface area contributed by atoms with Gasteiger partial charge in [-0.2, -0.15) is 0 Å². The normalized spacial score (nSPS) is 25.4. The molecular weight excluding hydrogens is 188 g/mol. The van der Waals surface area contributed by atoms with Crippen molar-refractivity contribution in [3.63, 3.8) is 0 Å². The van der Waals surface area contributed by atoms with Crippen LogP contribution in [0, 0.1) is 0 Å². The fraction of sp³-hybridized carbons (Fsp3) is 1.00. The second-order valence-electron chi connectivity index (χ2n) is 4.69. The van der Waals surface area contributed by atoms with Crippen molar-refractivity contribution in [2.24, 2.45) is 0 Å². The summed E-state index contributed by atoms with van der Waals surface area (Å²) in [6.45, 7) is 5.29. The van der Waals surface area contributed by atoms with Crippen molar-refractivity contribution >= 4 is 0 Å². The zero-order chi connectivity index (χ0) is 11.1. The first-order chi connectivity index (χ1) is 7.24. The Morgan fingerprint density at radius 1 is 1.47 bits per heavy atom. The number of nitrogens with zero attached hydrogens (tertiary/aromatic N) is 1. The molecule has 1 heterocycles. The van der Waals surface area contributed by atoms with Crippen molar-refractivity contribution in [3.05, 3.63) is 0 Å². The van der Waals surface area contributed by atoms with E-state index in [1.54, 1.807) is 0 Å². The maximum Gasteiger partial charge on any atom is 0.0549 e. The van der Waals surface area contributed by atoms with E-state index in [1.807, 2.05) is 6.92 Å². The van der Waals surface area contributed by atoms with Crippen molar-refractivity contribution < 1.29 is 5.11 Å². The van der Waals surface area contributed by atoms with Crippen LogP contribution in [0.1, 0.15) is 39.0 Å². The number of rotatable bonds is 6. The van der Waals surface area contributed by atoms with Gasteiger partial charge >= 0.3 is 0 Å². The van der Waals surface area contributed by atoms with Crippen molar-refractivity contribution in [1.82, 2.24) is 10.2 Å². The summed E-state index contributed by atoms with van der Waals surface area (Å²) in [4.78, 5) is 2.45. The molecule has 2 atom stereocenters. The van der Waals surface area contributed by atoms with Gasteiger partial charge in [0.2, 0.25) is 0 Å². The predicted octanol–water partition coefficient (Wildman–Crippen LogP) is 1.22. The Balaban J connectivity index is 2.03. The topological polar surface area (TPSA) is 35.5 Å². The first-order valence-corrected chi connectivity index (χ1v) is 6.33. The molecule has 2 N–H and O–H groups in total. The van der Waals surface area contributed by atoms with E-state index >= 15 is 0 Å². The molecule has 0 radical (unpaired) electrons. The van der Waals surface area contributed by atoms with Gasteiger partial charge in [-0.25, -0.2) is 0 Å². The van der Waals surface area contributed by atoms with Gasteiger partial charge in [-0.1, -0.05) is 13.3 Å². The lowest BCUT2D eigenvalue weighted by atomic mass is 10.0. The molecule has 0 aromatic carbocycles. The first-order valence-electron chi connectivity index (χ1n) is 6.33. The fourth-order valence-corrected chi connectivity index (χ4v) is 2.14. The molecule has 0 aliphatic carbocycles. The van der Waals surface area contributed by atoms with Crippen LogP contribution in [-0.4, -0.2) is 48.8 Å². The Morgan fingerprint density at radius 3 is 2.93 bits per heavy atom. The van der Waals surface area contributed by atoms with Gasteiger partial charge < -0.3 is 15.3 Å². The summed E-state index contributed by atoms with van der Waals surface area (Å²) in [6, 6.07) is 0.706. The zero-order valence-electron chi connectivity index (χ0n) is 10.2. The Kier molecular flexibility index (Phi) is 6.22. The van der Waals surface area contributed by atoms with E-state index < -0.39 is 0 Å². The van der Waals surface area contributed by atoms with E-state index in [1.165, 1.54) is 25.8 Å². The molecule has 0 spiro atoms. The highest BCUT2D eigenvalue weighted by Crippen LogP contribution is 2.13. The van der Waals surface area contributed by atoms with E-state index in [9.17, 15) is 5.11 Å². The highest BCUT2D eigenvalue weighted by atomic mass is 16.3. The smallest absolute Gasteiger partial charge is 0.0549 e. The Bertz CT molecular complexity index is 164. The second kappa shape index (κ2) is 7.20. The molecule has 3 nitrogen and oxygen atoms in total. The number of aliphatic hydroxyl groups excluding tert-OH is 1. The molecule has 0 saturated carbocycles. The van der Waals surface area contributed by atoms with E-state index in [-0.39, 0.29) is 6.10 Å². The molecule has 15 heavy (non-hydrogen) atoms. The summed E-state index contributed by atoms with van der Waals surface area (Å²) in [7, 11) is 2.21. The lowest BCUT2D eigenvalue weighted by Gasteiger charge is -2.32. The van der Waals surface area contributed by atoms with Crippen molar-refractivity contribution in [2.45, 2.75) is 51.2 Å². The molecule has 90 valence electrons. The zero-order valence-corrected chi connectivity index (χ0v) is 10.2. The Labute approximate surface area is 93.9 Å². The third-order valence-electron chi connectivity index (χ3n) is 3.43. The predicted molar refractivity (Wildman–Crippen MR) is 64.1 cm³/mol. The lowest BCUT2D eigenvalue weighted by molar-refractivity contribution is 0.153. The highest BCUT2D eigenvalue weighted by Gasteiger charge is 2.17. The molecule has 2 unspecified atom stereocenters. The van der Waals surface area contributed by atoms with Crippen molar-refractivity contribution in [3.8, 4) is 0 Å². The average molecular weight is 214 g/mol. The highest BCUT2D eigenvalue weighted by molar-refractivity contribution is 4.76. The van der Waals surface area contributed by atoms with Crippen LogP contribution in [0.4, 0.5) is 0 Å². The van der Waals surface area contributed by atoms with Gasteiger partial charge in [0.25, 0.3) is 0 Å². The molecule has 1 aliphatic heterocycles. The number of likely N-dealkylation sites (N-methyl/N-ethyl adjacent to an activating group) is 1. The maximum absolute atomic E-state index is 9.40. The van der Waals surface area contributed by atoms with Gasteiger partial charge in [-0.3, -0.25) is 0 Å². The molecule has 3 heteroatoms. The molecular formula is C12H26N2O. The van der Waals surface area contributed by atoms with Gasteiger partial charge in [-0.15, -0.1) is 0 Å². The summed E-state index contributed by atoms with van der Waals surface area (Å²) in [5, 5.41) is 12.8. The van der Waals surface area contributed by atoms with Crippen LogP contribution in [0.25, 0.3) is 0 Å². The molecule has 0 aromatic rings. The SMILES string of the molecule is CCC(O)CCNCC1CCCCN1C. The Morgan fingerprint density at radius 2 is 2.27 bits per heavy atom. The summed E-state index contributed by atoms with van der Waals surface area (Å²) >= 11 is 0. The largest absolute Gasteiger partial charge is 0.393 e. The fourth-order valence-electron chi connectivity index (χ4n) is 2.14. The summed E-state index contributed by atoms with van der Waals surface area (Å²) < 4.78 is 0. The average Bonchev–Trinajstić information content (AvgIpc) is 2.26. The van der Waals surface area contributed by atoms with Crippen LogP contribution in [0.3, 0.4) is 0 Å². The van der Waals surface area contributed by atoms with Crippen LogP contribution in [-0.2, 0) is 0 Å². The monoisotopic (exact) mass is 214 g/mol. The van der Waals surface area contributed by atoms with Gasteiger partial charge in [0.05, 0.1) is 6.10 Å². The number of hydrogen-bond donors (Lipinski definition) is 2.